The van der Waals surface area contributed by atoms with Crippen molar-refractivity contribution in [2.75, 3.05) is 0 Å². The lowest BCUT2D eigenvalue weighted by Gasteiger charge is -2.05. The molecule has 2 heteroatoms. The maximum Gasteiger partial charge on any atom is 0.0628 e. The second kappa shape index (κ2) is 3.09. The molecule has 0 aromatic rings. The van der Waals surface area contributed by atoms with Gasteiger partial charge in [-0.05, 0) is 31.0 Å². The summed E-state index contributed by atoms with van der Waals surface area (Å²) in [5.74, 6) is 0.737. The summed E-state index contributed by atoms with van der Waals surface area (Å²) < 4.78 is 0. The van der Waals surface area contributed by atoms with E-state index in [1.807, 2.05) is 0 Å². The highest BCUT2D eigenvalue weighted by Crippen LogP contribution is 2.26. The predicted molar refractivity (Wildman–Crippen MR) is 41.8 cm³/mol. The fourth-order valence-electron chi connectivity index (χ4n) is 1.39. The maximum absolute atomic E-state index is 4.52. The number of rotatable bonds is 1. The van der Waals surface area contributed by atoms with Crippen molar-refractivity contribution in [1.82, 2.24) is 0 Å². The van der Waals surface area contributed by atoms with Gasteiger partial charge < -0.3 is 0 Å². The van der Waals surface area contributed by atoms with Gasteiger partial charge in [0.2, 0.25) is 0 Å². The van der Waals surface area contributed by atoms with Crippen molar-refractivity contribution in [3.8, 4) is 0 Å². The van der Waals surface area contributed by atoms with Gasteiger partial charge in [0, 0.05) is 0 Å². The van der Waals surface area contributed by atoms with Gasteiger partial charge in [-0.25, -0.2) is 4.99 Å². The molecule has 0 spiro atoms. The fourth-order valence-corrected chi connectivity index (χ4v) is 1.52. The summed E-state index contributed by atoms with van der Waals surface area (Å²) in [6.07, 6.45) is 3.84. The van der Waals surface area contributed by atoms with E-state index in [2.05, 4.69) is 29.3 Å². The Morgan fingerprint density at radius 1 is 1.56 bits per heavy atom. The average molecular weight is 141 g/mol. The second-order valence-electron chi connectivity index (χ2n) is 2.70. The Morgan fingerprint density at radius 3 is 2.78 bits per heavy atom. The average Bonchev–Trinajstić information content (AvgIpc) is 2.18. The summed E-state index contributed by atoms with van der Waals surface area (Å²) >= 11 is 4.52. The Kier molecular flexibility index (Phi) is 2.38. The van der Waals surface area contributed by atoms with Gasteiger partial charge in [-0.3, -0.25) is 0 Å². The van der Waals surface area contributed by atoms with Gasteiger partial charge in [-0.15, -0.1) is 0 Å². The van der Waals surface area contributed by atoms with Gasteiger partial charge in [0.25, 0.3) is 0 Å². The standard InChI is InChI=1S/C7H11NS/c1-6-3-2-4-7(6)8-5-9/h6-7H,2-4H2,1H3. The van der Waals surface area contributed by atoms with E-state index in [0.717, 1.165) is 5.92 Å². The van der Waals surface area contributed by atoms with E-state index in [-0.39, 0.29) is 0 Å². The van der Waals surface area contributed by atoms with Gasteiger partial charge in [0.05, 0.1) is 11.2 Å². The first-order valence-corrected chi connectivity index (χ1v) is 3.82. The normalized spacial score (nSPS) is 33.9. The Labute approximate surface area is 61.2 Å². The number of isothiocyanates is 1. The Morgan fingerprint density at radius 2 is 2.33 bits per heavy atom. The Hall–Kier alpha value is -0.200. The molecule has 0 amide bonds. The van der Waals surface area contributed by atoms with Gasteiger partial charge in [0.15, 0.2) is 0 Å². The lowest BCUT2D eigenvalue weighted by Crippen LogP contribution is -2.05. The zero-order valence-corrected chi connectivity index (χ0v) is 6.45. The van der Waals surface area contributed by atoms with Crippen molar-refractivity contribution >= 4 is 17.4 Å². The molecule has 1 fully saturated rings. The van der Waals surface area contributed by atoms with Gasteiger partial charge in [-0.1, -0.05) is 13.3 Å². The van der Waals surface area contributed by atoms with E-state index >= 15 is 0 Å². The summed E-state index contributed by atoms with van der Waals surface area (Å²) in [6.45, 7) is 2.23. The van der Waals surface area contributed by atoms with Crippen LogP contribution >= 0.6 is 12.2 Å². The number of hydrogen-bond acceptors (Lipinski definition) is 2. The van der Waals surface area contributed by atoms with Gasteiger partial charge in [0.1, 0.15) is 0 Å². The molecule has 0 N–H and O–H groups in total. The van der Waals surface area contributed by atoms with Crippen LogP contribution in [0.15, 0.2) is 4.99 Å². The minimum Gasteiger partial charge on any atom is -0.229 e. The zero-order chi connectivity index (χ0) is 6.69. The van der Waals surface area contributed by atoms with Crippen LogP contribution in [0.3, 0.4) is 0 Å². The third kappa shape index (κ3) is 1.60. The van der Waals surface area contributed by atoms with Gasteiger partial charge in [-0.2, -0.15) is 0 Å². The van der Waals surface area contributed by atoms with Gasteiger partial charge >= 0.3 is 0 Å². The van der Waals surface area contributed by atoms with Crippen LogP contribution in [-0.2, 0) is 0 Å². The first-order chi connectivity index (χ1) is 4.34. The molecule has 1 nitrogen and oxygen atoms in total. The van der Waals surface area contributed by atoms with Crippen LogP contribution < -0.4 is 0 Å². The molecule has 0 aromatic carbocycles. The molecule has 50 valence electrons. The number of nitrogens with zero attached hydrogens (tertiary/aromatic N) is 1. The predicted octanol–water partition coefficient (Wildman–Crippen LogP) is 2.28. The van der Waals surface area contributed by atoms with Crippen LogP contribution in [0.4, 0.5) is 0 Å². The van der Waals surface area contributed by atoms with Crippen LogP contribution in [0, 0.1) is 5.92 Å². The van der Waals surface area contributed by atoms with Crippen LogP contribution in [0.2, 0.25) is 0 Å². The van der Waals surface area contributed by atoms with Crippen LogP contribution in [0.25, 0.3) is 0 Å². The van der Waals surface area contributed by atoms with Crippen molar-refractivity contribution in [3.05, 3.63) is 0 Å². The molecule has 2 atom stereocenters. The molecular formula is C7H11NS. The molecule has 0 aromatic heterocycles. The van der Waals surface area contributed by atoms with Crippen molar-refractivity contribution in [2.45, 2.75) is 32.2 Å². The molecule has 0 saturated heterocycles. The molecule has 1 aliphatic rings. The first kappa shape index (κ1) is 6.91. The molecule has 1 aliphatic carbocycles. The Bertz CT molecular complexity index is 138. The Balaban J connectivity index is 2.49. The zero-order valence-electron chi connectivity index (χ0n) is 5.63. The molecule has 0 heterocycles. The first-order valence-electron chi connectivity index (χ1n) is 3.41. The van der Waals surface area contributed by atoms with Crippen molar-refractivity contribution in [1.29, 1.82) is 0 Å². The number of hydrogen-bond donors (Lipinski definition) is 0. The van der Waals surface area contributed by atoms with Crippen molar-refractivity contribution in [2.24, 2.45) is 10.9 Å². The summed E-state index contributed by atoms with van der Waals surface area (Å²) in [4.78, 5) is 4.07. The van der Waals surface area contributed by atoms with Crippen LogP contribution in [-0.4, -0.2) is 11.2 Å². The summed E-state index contributed by atoms with van der Waals surface area (Å²) in [5.41, 5.74) is 0. The molecule has 1 rings (SSSR count). The van der Waals surface area contributed by atoms with E-state index in [9.17, 15) is 0 Å². The van der Waals surface area contributed by atoms with Crippen LogP contribution in [0.1, 0.15) is 26.2 Å². The summed E-state index contributed by atoms with van der Waals surface area (Å²) in [6, 6.07) is 0.488. The minimum atomic E-state index is 0.488. The van der Waals surface area contributed by atoms with E-state index < -0.39 is 0 Å². The molecular weight excluding hydrogens is 130 g/mol. The van der Waals surface area contributed by atoms with Crippen LogP contribution in [0.5, 0.6) is 0 Å². The van der Waals surface area contributed by atoms with Crippen molar-refractivity contribution in [3.63, 3.8) is 0 Å². The monoisotopic (exact) mass is 141 g/mol. The molecule has 9 heavy (non-hydrogen) atoms. The second-order valence-corrected chi connectivity index (χ2v) is 2.88. The highest BCUT2D eigenvalue weighted by atomic mass is 32.1. The highest BCUT2D eigenvalue weighted by molar-refractivity contribution is 7.78. The minimum absolute atomic E-state index is 0.488. The lowest BCUT2D eigenvalue weighted by molar-refractivity contribution is 0.532. The highest BCUT2D eigenvalue weighted by Gasteiger charge is 2.21. The number of aliphatic imine (C=N–C) groups is 1. The molecule has 2 unspecified atom stereocenters. The van der Waals surface area contributed by atoms with E-state index in [1.165, 1.54) is 19.3 Å². The van der Waals surface area contributed by atoms with Crippen molar-refractivity contribution < 1.29 is 0 Å². The lowest BCUT2D eigenvalue weighted by atomic mass is 10.1. The SMILES string of the molecule is CC1CCCC1N=C=S. The summed E-state index contributed by atoms with van der Waals surface area (Å²) in [7, 11) is 0. The summed E-state index contributed by atoms with van der Waals surface area (Å²) in [5, 5.41) is 2.45. The molecule has 1 saturated carbocycles. The van der Waals surface area contributed by atoms with E-state index in [0.29, 0.717) is 6.04 Å². The third-order valence-corrected chi connectivity index (χ3v) is 2.14. The quantitative estimate of drug-likeness (QED) is 0.403. The molecule has 0 radical (unpaired) electrons. The number of thiocarbonyl (C=S) groups is 1. The van der Waals surface area contributed by atoms with E-state index in [4.69, 9.17) is 0 Å². The molecule has 0 aliphatic heterocycles. The third-order valence-electron chi connectivity index (χ3n) is 2.03. The van der Waals surface area contributed by atoms with E-state index in [1.54, 1.807) is 0 Å². The molecule has 0 bridgehead atoms. The fraction of sp³-hybridized carbons (Fsp3) is 0.857. The maximum atomic E-state index is 4.52. The largest absolute Gasteiger partial charge is 0.229 e. The topological polar surface area (TPSA) is 12.4 Å². The smallest absolute Gasteiger partial charge is 0.0628 e.